The van der Waals surface area contributed by atoms with Crippen LogP contribution in [-0.4, -0.2) is 18.8 Å². The van der Waals surface area contributed by atoms with Gasteiger partial charge >= 0.3 is 0 Å². The van der Waals surface area contributed by atoms with Gasteiger partial charge in [0.1, 0.15) is 17.1 Å². The lowest BCUT2D eigenvalue weighted by Crippen LogP contribution is -2.23. The van der Waals surface area contributed by atoms with Gasteiger partial charge in [-0.15, -0.1) is 0 Å². The van der Waals surface area contributed by atoms with Crippen molar-refractivity contribution >= 4 is 0 Å². The maximum Gasteiger partial charge on any atom is 0.125 e. The Kier molecular flexibility index (Phi) is 3.14. The van der Waals surface area contributed by atoms with Gasteiger partial charge in [-0.05, 0) is 36.2 Å². The predicted octanol–water partition coefficient (Wildman–Crippen LogP) is 2.89. The lowest BCUT2D eigenvalue weighted by Gasteiger charge is -2.26. The maximum absolute atomic E-state index is 11.0. The number of benzene rings is 2. The minimum atomic E-state index is -1.09. The van der Waals surface area contributed by atoms with Crippen LogP contribution in [0.1, 0.15) is 23.6 Å². The molecule has 1 atom stereocenters. The molecule has 3 nitrogen and oxygen atoms in total. The molecule has 0 radical (unpaired) electrons. The summed E-state index contributed by atoms with van der Waals surface area (Å²) in [6, 6.07) is 13.4. The minimum Gasteiger partial charge on any atom is -0.496 e. The van der Waals surface area contributed by atoms with Gasteiger partial charge in [0, 0.05) is 12.0 Å². The van der Waals surface area contributed by atoms with E-state index in [1.54, 1.807) is 14.0 Å². The molecule has 0 aliphatic carbocycles. The molecule has 0 saturated carbocycles. The zero-order valence-corrected chi connectivity index (χ0v) is 11.7. The van der Waals surface area contributed by atoms with Gasteiger partial charge in [0.05, 0.1) is 13.7 Å². The van der Waals surface area contributed by atoms with E-state index in [1.807, 2.05) is 42.5 Å². The average Bonchev–Trinajstić information content (AvgIpc) is 2.94. The Morgan fingerprint density at radius 1 is 1.20 bits per heavy atom. The average molecular weight is 270 g/mol. The lowest BCUT2D eigenvalue weighted by atomic mass is 9.86. The topological polar surface area (TPSA) is 38.7 Å². The van der Waals surface area contributed by atoms with Crippen LogP contribution in [0, 0.1) is 0 Å². The van der Waals surface area contributed by atoms with E-state index in [-0.39, 0.29) is 0 Å². The monoisotopic (exact) mass is 270 g/mol. The number of aliphatic hydroxyl groups is 1. The molecule has 3 rings (SSSR count). The summed E-state index contributed by atoms with van der Waals surface area (Å²) in [4.78, 5) is 0. The van der Waals surface area contributed by atoms with Crippen LogP contribution < -0.4 is 9.47 Å². The van der Waals surface area contributed by atoms with Crippen molar-refractivity contribution in [2.75, 3.05) is 13.7 Å². The fourth-order valence-electron chi connectivity index (χ4n) is 2.69. The van der Waals surface area contributed by atoms with Crippen LogP contribution in [0.5, 0.6) is 11.5 Å². The molecule has 0 fully saturated rings. The Hall–Kier alpha value is -2.00. The minimum absolute atomic E-state index is 0.689. The van der Waals surface area contributed by atoms with E-state index in [0.717, 1.165) is 35.5 Å². The van der Waals surface area contributed by atoms with Gasteiger partial charge in [-0.3, -0.25) is 0 Å². The van der Waals surface area contributed by atoms with E-state index < -0.39 is 5.60 Å². The van der Waals surface area contributed by atoms with E-state index in [1.165, 1.54) is 0 Å². The molecular weight excluding hydrogens is 252 g/mol. The van der Waals surface area contributed by atoms with Gasteiger partial charge < -0.3 is 14.6 Å². The summed E-state index contributed by atoms with van der Waals surface area (Å²) in [7, 11) is 1.62. The first kappa shape index (κ1) is 13.0. The van der Waals surface area contributed by atoms with Crippen LogP contribution in [-0.2, 0) is 12.0 Å². The van der Waals surface area contributed by atoms with Gasteiger partial charge in [-0.1, -0.05) is 24.3 Å². The third kappa shape index (κ3) is 2.04. The summed E-state index contributed by atoms with van der Waals surface area (Å²) in [5, 5.41) is 11.0. The van der Waals surface area contributed by atoms with Gasteiger partial charge in [-0.2, -0.15) is 0 Å². The Balaban J connectivity index is 2.07. The number of rotatable bonds is 3. The fourth-order valence-corrected chi connectivity index (χ4v) is 2.69. The molecule has 0 amide bonds. The first-order valence-electron chi connectivity index (χ1n) is 6.75. The molecular formula is C17H18O3. The van der Waals surface area contributed by atoms with Gasteiger partial charge in [-0.25, -0.2) is 0 Å². The number of hydrogen-bond acceptors (Lipinski definition) is 3. The smallest absolute Gasteiger partial charge is 0.125 e. The van der Waals surface area contributed by atoms with Crippen LogP contribution in [0.3, 0.4) is 0 Å². The molecule has 0 spiro atoms. The molecule has 0 bridgehead atoms. The highest BCUT2D eigenvalue weighted by Gasteiger charge is 2.30. The van der Waals surface area contributed by atoms with Crippen molar-refractivity contribution in [2.45, 2.75) is 18.9 Å². The maximum atomic E-state index is 11.0. The standard InChI is InChI=1S/C17H18O3/c1-17(18,14-5-3-4-6-16(14)19-2)13-7-8-15-12(11-13)9-10-20-15/h3-8,11,18H,9-10H2,1-2H3. The number of hydrogen-bond donors (Lipinski definition) is 1. The van der Waals surface area contributed by atoms with Crippen LogP contribution in [0.25, 0.3) is 0 Å². The molecule has 3 heteroatoms. The Morgan fingerprint density at radius 3 is 2.80 bits per heavy atom. The second kappa shape index (κ2) is 4.84. The second-order valence-corrected chi connectivity index (χ2v) is 5.19. The van der Waals surface area contributed by atoms with E-state index >= 15 is 0 Å². The highest BCUT2D eigenvalue weighted by atomic mass is 16.5. The molecule has 2 aromatic rings. The molecule has 1 aliphatic rings. The second-order valence-electron chi connectivity index (χ2n) is 5.19. The first-order valence-corrected chi connectivity index (χ1v) is 6.75. The Labute approximate surface area is 118 Å². The molecule has 20 heavy (non-hydrogen) atoms. The van der Waals surface area contributed by atoms with E-state index in [2.05, 4.69) is 0 Å². The summed E-state index contributed by atoms with van der Waals surface area (Å²) in [6.45, 7) is 2.51. The van der Waals surface area contributed by atoms with Crippen molar-refractivity contribution in [1.29, 1.82) is 0 Å². The number of methoxy groups -OCH3 is 1. The van der Waals surface area contributed by atoms with Crippen LogP contribution in [0.4, 0.5) is 0 Å². The Morgan fingerprint density at radius 2 is 2.00 bits per heavy atom. The predicted molar refractivity (Wildman–Crippen MR) is 77.3 cm³/mol. The van der Waals surface area contributed by atoms with Crippen molar-refractivity contribution in [3.8, 4) is 11.5 Å². The molecule has 1 N–H and O–H groups in total. The molecule has 1 heterocycles. The highest BCUT2D eigenvalue weighted by molar-refractivity contribution is 5.48. The summed E-state index contributed by atoms with van der Waals surface area (Å²) >= 11 is 0. The van der Waals surface area contributed by atoms with E-state index in [9.17, 15) is 5.11 Å². The summed E-state index contributed by atoms with van der Waals surface area (Å²) in [6.07, 6.45) is 0.894. The quantitative estimate of drug-likeness (QED) is 0.932. The van der Waals surface area contributed by atoms with E-state index in [0.29, 0.717) is 5.75 Å². The molecule has 0 saturated heterocycles. The normalized spacial score (nSPS) is 16.1. The van der Waals surface area contributed by atoms with Crippen molar-refractivity contribution in [2.24, 2.45) is 0 Å². The summed E-state index contributed by atoms with van der Waals surface area (Å²) in [5.74, 6) is 1.61. The summed E-state index contributed by atoms with van der Waals surface area (Å²) in [5.41, 5.74) is 1.68. The largest absolute Gasteiger partial charge is 0.496 e. The highest BCUT2D eigenvalue weighted by Crippen LogP contribution is 2.37. The van der Waals surface area contributed by atoms with Gasteiger partial charge in [0.25, 0.3) is 0 Å². The Bertz CT molecular complexity index is 632. The molecule has 1 aliphatic heterocycles. The zero-order valence-electron chi connectivity index (χ0n) is 11.7. The summed E-state index contributed by atoms with van der Waals surface area (Å²) < 4.78 is 10.9. The molecule has 2 aromatic carbocycles. The number of fused-ring (bicyclic) bond motifs is 1. The number of para-hydroxylation sites is 1. The SMILES string of the molecule is COc1ccccc1C(C)(O)c1ccc2c(c1)CCO2. The van der Waals surface area contributed by atoms with Crippen LogP contribution in [0.15, 0.2) is 42.5 Å². The van der Waals surface area contributed by atoms with Crippen molar-refractivity contribution in [3.05, 3.63) is 59.2 Å². The third-order valence-electron chi connectivity index (χ3n) is 3.88. The first-order chi connectivity index (χ1) is 9.63. The van der Waals surface area contributed by atoms with Gasteiger partial charge in [0.15, 0.2) is 0 Å². The lowest BCUT2D eigenvalue weighted by molar-refractivity contribution is 0.0989. The number of ether oxygens (including phenoxy) is 2. The molecule has 104 valence electrons. The van der Waals surface area contributed by atoms with Crippen molar-refractivity contribution < 1.29 is 14.6 Å². The van der Waals surface area contributed by atoms with E-state index in [4.69, 9.17) is 9.47 Å². The third-order valence-corrected chi connectivity index (χ3v) is 3.88. The van der Waals surface area contributed by atoms with Crippen molar-refractivity contribution in [3.63, 3.8) is 0 Å². The van der Waals surface area contributed by atoms with Crippen molar-refractivity contribution in [1.82, 2.24) is 0 Å². The van der Waals surface area contributed by atoms with Crippen LogP contribution >= 0.6 is 0 Å². The zero-order chi connectivity index (χ0) is 14.2. The van der Waals surface area contributed by atoms with Gasteiger partial charge in [0.2, 0.25) is 0 Å². The van der Waals surface area contributed by atoms with Crippen LogP contribution in [0.2, 0.25) is 0 Å². The fraction of sp³-hybridized carbons (Fsp3) is 0.294. The molecule has 0 aromatic heterocycles. The molecule has 1 unspecified atom stereocenters.